The highest BCUT2D eigenvalue weighted by molar-refractivity contribution is 6.30. The number of hydrogen-bond donors (Lipinski definition) is 2. The fourth-order valence-corrected chi connectivity index (χ4v) is 3.33. The van der Waals surface area contributed by atoms with Crippen molar-refractivity contribution in [3.05, 3.63) is 88.9 Å². The third-order valence-corrected chi connectivity index (χ3v) is 4.89. The molecule has 0 bridgehead atoms. The van der Waals surface area contributed by atoms with E-state index in [1.807, 2.05) is 55.5 Å². The van der Waals surface area contributed by atoms with Crippen molar-refractivity contribution < 1.29 is 19.3 Å². The van der Waals surface area contributed by atoms with Gasteiger partial charge in [-0.05, 0) is 29.7 Å². The first-order chi connectivity index (χ1) is 13.0. The summed E-state index contributed by atoms with van der Waals surface area (Å²) in [5.74, 6) is -0.0226. The number of para-hydroxylation sites is 1. The van der Waals surface area contributed by atoms with Crippen LogP contribution in [-0.4, -0.2) is 10.2 Å². The molecule has 1 aromatic heterocycles. The first-order valence-electron chi connectivity index (χ1n) is 8.64. The molecule has 0 spiro atoms. The van der Waals surface area contributed by atoms with Crippen molar-refractivity contribution in [2.75, 3.05) is 0 Å². The number of aryl methyl sites for hydroxylation is 1. The zero-order valence-corrected chi connectivity index (χ0v) is 15.6. The zero-order chi connectivity index (χ0) is 19.0. The topological polar surface area (TPSA) is 48.2 Å². The molecule has 0 saturated heterocycles. The molecule has 134 valence electrons. The highest BCUT2D eigenvalue weighted by atomic mass is 35.5. The summed E-state index contributed by atoms with van der Waals surface area (Å²) in [4.78, 5) is 0. The molecule has 27 heavy (non-hydrogen) atoms. The van der Waals surface area contributed by atoms with Gasteiger partial charge in [-0.2, -0.15) is 0 Å². The van der Waals surface area contributed by atoms with Gasteiger partial charge in [0.2, 0.25) is 11.2 Å². The molecular weight excluding hydrogens is 360 g/mol. The van der Waals surface area contributed by atoms with E-state index < -0.39 is 0 Å². The van der Waals surface area contributed by atoms with Crippen LogP contribution in [0.4, 0.5) is 0 Å². The monoisotopic (exact) mass is 378 g/mol. The fraction of sp³-hybridized carbons (Fsp3) is 0.0909. The molecular formula is C22H19ClN2O2+2. The van der Waals surface area contributed by atoms with E-state index in [0.29, 0.717) is 22.6 Å². The molecule has 0 amide bonds. The first kappa shape index (κ1) is 17.3. The van der Waals surface area contributed by atoms with Gasteiger partial charge in [0.25, 0.3) is 0 Å². The minimum Gasteiger partial charge on any atom is -0.459 e. The molecule has 3 aromatic carbocycles. The molecule has 1 heterocycles. The summed E-state index contributed by atoms with van der Waals surface area (Å²) in [6.45, 7) is 2.51. The standard InChI is InChI=1S/C22H17ClN2O2/c1-15-6-8-16(9-7-15)14-24-20-5-3-2-4-19(20)21(26)25(22(24)27)18-12-10-17(23)11-13-18/h2-13H,14H2,1H3/p+2. The Kier molecular flexibility index (Phi) is 4.42. The minimum atomic E-state index is -0.0610. The van der Waals surface area contributed by atoms with Crippen LogP contribution in [0.25, 0.3) is 16.6 Å². The van der Waals surface area contributed by atoms with Crippen molar-refractivity contribution in [3.63, 3.8) is 0 Å². The lowest BCUT2D eigenvalue weighted by atomic mass is 10.1. The molecule has 2 N–H and O–H groups in total. The molecule has 5 heteroatoms. The van der Waals surface area contributed by atoms with Crippen LogP contribution in [0.1, 0.15) is 11.1 Å². The number of nitrogens with zero attached hydrogens (tertiary/aromatic N) is 2. The predicted molar refractivity (Wildman–Crippen MR) is 104 cm³/mol. The van der Waals surface area contributed by atoms with Crippen LogP contribution < -0.4 is 9.13 Å². The van der Waals surface area contributed by atoms with E-state index in [2.05, 4.69) is 0 Å². The van der Waals surface area contributed by atoms with Gasteiger partial charge in [0.15, 0.2) is 11.9 Å². The number of benzene rings is 3. The second kappa shape index (κ2) is 6.89. The summed E-state index contributed by atoms with van der Waals surface area (Å²) in [7, 11) is 0. The van der Waals surface area contributed by atoms with E-state index >= 15 is 0 Å². The normalized spacial score (nSPS) is 11.0. The highest BCUT2D eigenvalue weighted by Gasteiger charge is 2.35. The summed E-state index contributed by atoms with van der Waals surface area (Å²) >= 11 is 5.99. The van der Waals surface area contributed by atoms with E-state index in [1.165, 1.54) is 10.1 Å². The SMILES string of the molecule is Cc1ccc(C[n+]2c(O)[n+](-c3ccc(Cl)cc3)c(O)c3ccccc32)cc1. The van der Waals surface area contributed by atoms with E-state index in [4.69, 9.17) is 11.6 Å². The molecule has 4 rings (SSSR count). The molecule has 4 nitrogen and oxygen atoms in total. The zero-order valence-electron chi connectivity index (χ0n) is 14.8. The molecule has 0 unspecified atom stereocenters. The van der Waals surface area contributed by atoms with Gasteiger partial charge in [0, 0.05) is 28.8 Å². The lowest BCUT2D eigenvalue weighted by Crippen LogP contribution is -2.47. The smallest absolute Gasteiger partial charge is 0.459 e. The molecule has 4 aromatic rings. The van der Waals surface area contributed by atoms with Gasteiger partial charge in [-0.15, -0.1) is 0 Å². The van der Waals surface area contributed by atoms with Crippen molar-refractivity contribution in [1.29, 1.82) is 0 Å². The summed E-state index contributed by atoms with van der Waals surface area (Å²) in [5, 5.41) is 23.1. The number of fused-ring (bicyclic) bond motifs is 1. The van der Waals surface area contributed by atoms with Crippen molar-refractivity contribution in [1.82, 2.24) is 0 Å². The molecule has 0 radical (unpaired) electrons. The van der Waals surface area contributed by atoms with Crippen molar-refractivity contribution in [2.45, 2.75) is 13.5 Å². The van der Waals surface area contributed by atoms with Gasteiger partial charge >= 0.3 is 11.9 Å². The Balaban J connectivity index is 1.96. The fourth-order valence-electron chi connectivity index (χ4n) is 3.20. The Morgan fingerprint density at radius 2 is 1.52 bits per heavy atom. The maximum absolute atomic E-state index is 11.0. The molecule has 0 aliphatic rings. The third kappa shape index (κ3) is 3.20. The number of halogens is 1. The van der Waals surface area contributed by atoms with Gasteiger partial charge in [-0.1, -0.05) is 58.1 Å². The van der Waals surface area contributed by atoms with Crippen LogP contribution in [0.5, 0.6) is 11.9 Å². The Hall–Kier alpha value is -3.11. The average molecular weight is 379 g/mol. The van der Waals surface area contributed by atoms with Crippen LogP contribution in [0.2, 0.25) is 5.02 Å². The molecule has 0 fully saturated rings. The van der Waals surface area contributed by atoms with Gasteiger partial charge < -0.3 is 10.2 Å². The number of aromatic nitrogens is 2. The maximum atomic E-state index is 11.0. The second-order valence-corrected chi connectivity index (χ2v) is 6.96. The Morgan fingerprint density at radius 1 is 0.852 bits per heavy atom. The summed E-state index contributed by atoms with van der Waals surface area (Å²) in [6.07, 6.45) is 0. The first-order valence-corrected chi connectivity index (χ1v) is 9.02. The Morgan fingerprint density at radius 3 is 2.22 bits per heavy atom. The van der Waals surface area contributed by atoms with E-state index in [-0.39, 0.29) is 11.9 Å². The lowest BCUT2D eigenvalue weighted by molar-refractivity contribution is -0.776. The van der Waals surface area contributed by atoms with E-state index in [0.717, 1.165) is 11.1 Å². The lowest BCUT2D eigenvalue weighted by Gasteiger charge is -2.05. The highest BCUT2D eigenvalue weighted by Crippen LogP contribution is 2.23. The Labute approximate surface area is 162 Å². The van der Waals surface area contributed by atoms with E-state index in [1.54, 1.807) is 28.8 Å². The van der Waals surface area contributed by atoms with Gasteiger partial charge in [0.1, 0.15) is 0 Å². The van der Waals surface area contributed by atoms with Crippen molar-refractivity contribution in [3.8, 4) is 17.6 Å². The molecule has 0 aliphatic heterocycles. The largest absolute Gasteiger partial charge is 0.638 e. The quantitative estimate of drug-likeness (QED) is 0.532. The van der Waals surface area contributed by atoms with Crippen LogP contribution >= 0.6 is 11.6 Å². The van der Waals surface area contributed by atoms with Crippen molar-refractivity contribution >= 4 is 22.5 Å². The van der Waals surface area contributed by atoms with Crippen LogP contribution in [0.15, 0.2) is 72.8 Å². The van der Waals surface area contributed by atoms with E-state index in [9.17, 15) is 10.2 Å². The number of aromatic hydroxyl groups is 2. The van der Waals surface area contributed by atoms with Gasteiger partial charge in [-0.25, -0.2) is 0 Å². The number of rotatable bonds is 3. The average Bonchev–Trinajstić information content (AvgIpc) is 2.68. The summed E-state index contributed by atoms with van der Waals surface area (Å²) in [6, 6.07) is 22.5. The Bertz CT molecular complexity index is 1120. The second-order valence-electron chi connectivity index (χ2n) is 6.52. The molecule has 0 aliphatic carbocycles. The van der Waals surface area contributed by atoms with Gasteiger partial charge in [-0.3, -0.25) is 0 Å². The third-order valence-electron chi connectivity index (χ3n) is 4.64. The van der Waals surface area contributed by atoms with Crippen LogP contribution in [-0.2, 0) is 6.54 Å². The molecule has 0 saturated carbocycles. The predicted octanol–water partition coefficient (Wildman–Crippen LogP) is 3.83. The van der Waals surface area contributed by atoms with Crippen LogP contribution in [0, 0.1) is 6.92 Å². The summed E-state index contributed by atoms with van der Waals surface area (Å²) < 4.78 is 3.21. The minimum absolute atomic E-state index is 0.0226. The number of hydrogen-bond acceptors (Lipinski definition) is 2. The van der Waals surface area contributed by atoms with Gasteiger partial charge in [0.05, 0.1) is 0 Å². The maximum Gasteiger partial charge on any atom is 0.638 e. The van der Waals surface area contributed by atoms with Crippen molar-refractivity contribution in [2.24, 2.45) is 0 Å². The molecule has 0 atom stereocenters. The van der Waals surface area contributed by atoms with Crippen LogP contribution in [0.3, 0.4) is 0 Å². The summed E-state index contributed by atoms with van der Waals surface area (Å²) in [5.41, 5.74) is 3.61.